The van der Waals surface area contributed by atoms with Gasteiger partial charge in [0.15, 0.2) is 5.11 Å². The predicted octanol–water partition coefficient (Wildman–Crippen LogP) is 4.49. The van der Waals surface area contributed by atoms with E-state index in [2.05, 4.69) is 10.6 Å². The minimum atomic E-state index is -0.285. The smallest absolute Gasteiger partial charge is 0.171 e. The molecule has 0 spiro atoms. The maximum Gasteiger partial charge on any atom is 0.171 e. The van der Waals surface area contributed by atoms with Crippen molar-refractivity contribution in [3.8, 4) is 0 Å². The van der Waals surface area contributed by atoms with Crippen LogP contribution in [0.2, 0.25) is 0 Å². The monoisotopic (exact) mass is 326 g/mol. The van der Waals surface area contributed by atoms with Crippen LogP contribution < -0.4 is 10.6 Å². The fourth-order valence-electron chi connectivity index (χ4n) is 2.25. The molecule has 0 aliphatic carbocycles. The first kappa shape index (κ1) is 15.2. The van der Waals surface area contributed by atoms with Crippen LogP contribution in [0.5, 0.6) is 0 Å². The highest BCUT2D eigenvalue weighted by Gasteiger charge is 2.17. The molecule has 0 amide bonds. The number of furan rings is 1. The topological polar surface area (TPSA) is 37.2 Å². The third kappa shape index (κ3) is 3.96. The molecule has 3 aromatic rings. The van der Waals surface area contributed by atoms with Crippen molar-refractivity contribution in [2.75, 3.05) is 5.32 Å². The van der Waals surface area contributed by atoms with E-state index in [1.807, 2.05) is 42.5 Å². The van der Waals surface area contributed by atoms with Crippen LogP contribution in [0.3, 0.4) is 0 Å². The van der Waals surface area contributed by atoms with Crippen molar-refractivity contribution in [2.45, 2.75) is 6.04 Å². The van der Waals surface area contributed by atoms with Crippen LogP contribution in [0.25, 0.3) is 0 Å². The Balaban J connectivity index is 1.76. The number of thiocarbonyl (C=S) groups is 1. The van der Waals surface area contributed by atoms with Crippen LogP contribution in [0.15, 0.2) is 77.4 Å². The first-order chi connectivity index (χ1) is 11.2. The first-order valence-electron chi connectivity index (χ1n) is 7.14. The van der Waals surface area contributed by atoms with Crippen LogP contribution in [0, 0.1) is 5.82 Å². The summed E-state index contributed by atoms with van der Waals surface area (Å²) in [5.41, 5.74) is 1.75. The Kier molecular flexibility index (Phi) is 4.68. The Labute approximate surface area is 139 Å². The van der Waals surface area contributed by atoms with E-state index in [4.69, 9.17) is 16.6 Å². The molecule has 2 N–H and O–H groups in total. The maximum absolute atomic E-state index is 13.0. The Bertz CT molecular complexity index is 757. The molecule has 1 atom stereocenters. The number of benzene rings is 2. The summed E-state index contributed by atoms with van der Waals surface area (Å²) in [5, 5.41) is 6.71. The number of rotatable bonds is 4. The fourth-order valence-corrected chi connectivity index (χ4v) is 2.49. The Morgan fingerprint density at radius 1 is 0.957 bits per heavy atom. The van der Waals surface area contributed by atoms with Crippen molar-refractivity contribution >= 4 is 23.0 Å². The number of hydrogen-bond acceptors (Lipinski definition) is 2. The number of hydrogen-bond donors (Lipinski definition) is 2. The molecule has 5 heteroatoms. The quantitative estimate of drug-likeness (QED) is 0.693. The van der Waals surface area contributed by atoms with Gasteiger partial charge in [-0.05, 0) is 54.2 Å². The van der Waals surface area contributed by atoms with E-state index in [0.717, 1.165) is 17.0 Å². The normalized spacial score (nSPS) is 11.7. The largest absolute Gasteiger partial charge is 0.467 e. The average Bonchev–Trinajstić information content (AvgIpc) is 3.10. The molecule has 0 radical (unpaired) electrons. The molecule has 0 unspecified atom stereocenters. The highest BCUT2D eigenvalue weighted by molar-refractivity contribution is 7.80. The van der Waals surface area contributed by atoms with Crippen molar-refractivity contribution < 1.29 is 8.81 Å². The summed E-state index contributed by atoms with van der Waals surface area (Å²) in [6.07, 6.45) is 1.63. The van der Waals surface area contributed by atoms with Gasteiger partial charge >= 0.3 is 0 Å². The number of halogens is 1. The summed E-state index contributed by atoms with van der Waals surface area (Å²) in [4.78, 5) is 0. The van der Waals surface area contributed by atoms with Gasteiger partial charge in [-0.3, -0.25) is 0 Å². The van der Waals surface area contributed by atoms with E-state index >= 15 is 0 Å². The van der Waals surface area contributed by atoms with Crippen molar-refractivity contribution in [1.82, 2.24) is 5.32 Å². The molecule has 0 aliphatic heterocycles. The van der Waals surface area contributed by atoms with Gasteiger partial charge in [-0.25, -0.2) is 4.39 Å². The molecular formula is C18H15FN2OS. The molecule has 0 aliphatic rings. The third-order valence-corrected chi connectivity index (χ3v) is 3.56. The van der Waals surface area contributed by atoms with Gasteiger partial charge in [-0.15, -0.1) is 0 Å². The van der Waals surface area contributed by atoms with Crippen molar-refractivity contribution in [3.05, 3.63) is 90.1 Å². The van der Waals surface area contributed by atoms with E-state index < -0.39 is 0 Å². The summed E-state index contributed by atoms with van der Waals surface area (Å²) in [6.45, 7) is 0. The van der Waals surface area contributed by atoms with Gasteiger partial charge in [-0.1, -0.05) is 30.3 Å². The molecule has 0 fully saturated rings. The zero-order chi connectivity index (χ0) is 16.1. The standard InChI is InChI=1S/C18H15FN2OS/c19-14-8-10-15(11-9-14)20-18(23)21-17(16-7-4-12-22-16)13-5-2-1-3-6-13/h1-12,17H,(H2,20,21,23)/t17-/m1/s1. The maximum atomic E-state index is 13.0. The molecule has 1 aromatic heterocycles. The van der Waals surface area contributed by atoms with Gasteiger partial charge in [-0.2, -0.15) is 0 Å². The van der Waals surface area contributed by atoms with Gasteiger partial charge in [0, 0.05) is 5.69 Å². The molecule has 3 nitrogen and oxygen atoms in total. The van der Waals surface area contributed by atoms with E-state index in [1.54, 1.807) is 18.4 Å². The minimum absolute atomic E-state index is 0.202. The fraction of sp³-hybridized carbons (Fsp3) is 0.0556. The Morgan fingerprint density at radius 3 is 2.35 bits per heavy atom. The zero-order valence-electron chi connectivity index (χ0n) is 12.2. The minimum Gasteiger partial charge on any atom is -0.467 e. The van der Waals surface area contributed by atoms with Crippen LogP contribution in [0.4, 0.5) is 10.1 Å². The molecule has 1 heterocycles. The molecule has 2 aromatic carbocycles. The van der Waals surface area contributed by atoms with Gasteiger partial charge in [0.05, 0.1) is 6.26 Å². The van der Waals surface area contributed by atoms with Gasteiger partial charge < -0.3 is 15.1 Å². The third-order valence-electron chi connectivity index (χ3n) is 3.34. The molecule has 23 heavy (non-hydrogen) atoms. The summed E-state index contributed by atoms with van der Waals surface area (Å²) < 4.78 is 18.5. The van der Waals surface area contributed by atoms with Crippen LogP contribution >= 0.6 is 12.2 Å². The molecule has 0 saturated carbocycles. The summed E-state index contributed by atoms with van der Waals surface area (Å²) >= 11 is 5.36. The second kappa shape index (κ2) is 7.07. The lowest BCUT2D eigenvalue weighted by Crippen LogP contribution is -2.32. The molecule has 0 saturated heterocycles. The highest BCUT2D eigenvalue weighted by atomic mass is 32.1. The average molecular weight is 326 g/mol. The Morgan fingerprint density at radius 2 is 1.70 bits per heavy atom. The lowest BCUT2D eigenvalue weighted by molar-refractivity contribution is 0.476. The summed E-state index contributed by atoms with van der Waals surface area (Å²) in [7, 11) is 0. The summed E-state index contributed by atoms with van der Waals surface area (Å²) in [6, 6.07) is 19.4. The van der Waals surface area contributed by atoms with E-state index in [-0.39, 0.29) is 11.9 Å². The Hall–Kier alpha value is -2.66. The van der Waals surface area contributed by atoms with Gasteiger partial charge in [0.1, 0.15) is 17.6 Å². The van der Waals surface area contributed by atoms with Crippen LogP contribution in [0.1, 0.15) is 17.4 Å². The molecule has 0 bridgehead atoms. The van der Waals surface area contributed by atoms with E-state index in [1.165, 1.54) is 12.1 Å². The van der Waals surface area contributed by atoms with Crippen molar-refractivity contribution in [1.29, 1.82) is 0 Å². The number of nitrogens with one attached hydrogen (secondary N) is 2. The second-order valence-electron chi connectivity index (χ2n) is 4.96. The van der Waals surface area contributed by atoms with E-state index in [9.17, 15) is 4.39 Å². The van der Waals surface area contributed by atoms with E-state index in [0.29, 0.717) is 5.11 Å². The van der Waals surface area contributed by atoms with Crippen LogP contribution in [-0.2, 0) is 0 Å². The van der Waals surface area contributed by atoms with Crippen molar-refractivity contribution in [3.63, 3.8) is 0 Å². The molecule has 3 rings (SSSR count). The van der Waals surface area contributed by atoms with Crippen LogP contribution in [-0.4, -0.2) is 5.11 Å². The van der Waals surface area contributed by atoms with Gasteiger partial charge in [0.25, 0.3) is 0 Å². The second-order valence-corrected chi connectivity index (χ2v) is 5.37. The molecule has 116 valence electrons. The first-order valence-corrected chi connectivity index (χ1v) is 7.54. The summed E-state index contributed by atoms with van der Waals surface area (Å²) in [5.74, 6) is 0.478. The highest BCUT2D eigenvalue weighted by Crippen LogP contribution is 2.22. The predicted molar refractivity (Wildman–Crippen MR) is 92.7 cm³/mol. The lowest BCUT2D eigenvalue weighted by Gasteiger charge is -2.19. The number of anilines is 1. The van der Waals surface area contributed by atoms with Gasteiger partial charge in [0.2, 0.25) is 0 Å². The lowest BCUT2D eigenvalue weighted by atomic mass is 10.1. The zero-order valence-corrected chi connectivity index (χ0v) is 13.0. The van der Waals surface area contributed by atoms with Crippen molar-refractivity contribution in [2.24, 2.45) is 0 Å². The molecular weight excluding hydrogens is 311 g/mol. The SMILES string of the molecule is Fc1ccc(NC(=S)N[C@H](c2ccccc2)c2ccco2)cc1.